The molecule has 0 saturated carbocycles. The minimum Gasteiger partial charge on any atom is -0.393 e. The fourth-order valence-electron chi connectivity index (χ4n) is 1.90. The lowest BCUT2D eigenvalue weighted by molar-refractivity contribution is -0.216. The summed E-state index contributed by atoms with van der Waals surface area (Å²) < 4.78 is 15.9. The third-order valence-corrected chi connectivity index (χ3v) is 2.40. The van der Waals surface area contributed by atoms with Crippen molar-refractivity contribution in [1.29, 1.82) is 0 Å². The summed E-state index contributed by atoms with van der Waals surface area (Å²) in [5.41, 5.74) is -0.886. The number of fused-ring (bicyclic) bond motifs is 1. The lowest BCUT2D eigenvalue weighted by Crippen LogP contribution is -2.44. The van der Waals surface area contributed by atoms with Gasteiger partial charge in [-0.3, -0.25) is 0 Å². The molecule has 0 radical (unpaired) electrons. The molecule has 2 rings (SSSR count). The Hall–Kier alpha value is -0.200. The Morgan fingerprint density at radius 1 is 1.46 bits per heavy atom. The van der Waals surface area contributed by atoms with Gasteiger partial charge in [0.1, 0.15) is 11.7 Å². The Bertz CT molecular complexity index is 217. The van der Waals surface area contributed by atoms with Crippen LogP contribution >= 0.6 is 0 Å². The van der Waals surface area contributed by atoms with Crippen LogP contribution in [0.25, 0.3) is 0 Å². The summed E-state index contributed by atoms with van der Waals surface area (Å²) >= 11 is 0. The number of ether oxygens (including phenoxy) is 3. The van der Waals surface area contributed by atoms with Gasteiger partial charge in [-0.1, -0.05) is 0 Å². The van der Waals surface area contributed by atoms with Gasteiger partial charge in [0.25, 0.3) is 0 Å². The normalized spacial score (nSPS) is 48.0. The third kappa shape index (κ3) is 1.28. The van der Waals surface area contributed by atoms with Crippen molar-refractivity contribution in [1.82, 2.24) is 0 Å². The second-order valence-corrected chi connectivity index (χ2v) is 3.96. The second kappa shape index (κ2) is 2.65. The van der Waals surface area contributed by atoms with E-state index >= 15 is 0 Å². The highest BCUT2D eigenvalue weighted by molar-refractivity contribution is 5.01. The van der Waals surface area contributed by atoms with Gasteiger partial charge in [0, 0.05) is 0 Å². The molecule has 0 amide bonds. The predicted octanol–water partition coefficient (Wildman–Crippen LogP) is -0.782. The standard InChI is InChI=1S/C8H14O5/c1-7(2)12-5-6(10)11-4-8(5,3-9)13-7/h5-6,9-10H,3-4H2,1-2H3. The molecule has 0 aromatic carbocycles. The van der Waals surface area contributed by atoms with Crippen molar-refractivity contribution < 1.29 is 24.4 Å². The van der Waals surface area contributed by atoms with E-state index in [1.807, 2.05) is 0 Å². The van der Waals surface area contributed by atoms with Gasteiger partial charge in [0.15, 0.2) is 12.1 Å². The fraction of sp³-hybridized carbons (Fsp3) is 1.00. The Kier molecular flexibility index (Phi) is 1.91. The maximum atomic E-state index is 9.39. The molecule has 2 heterocycles. The van der Waals surface area contributed by atoms with E-state index in [0.717, 1.165) is 0 Å². The molecule has 13 heavy (non-hydrogen) atoms. The predicted molar refractivity (Wildman–Crippen MR) is 41.8 cm³/mol. The quantitative estimate of drug-likeness (QED) is 0.567. The molecule has 0 aromatic rings. The molecule has 5 heteroatoms. The van der Waals surface area contributed by atoms with Crippen molar-refractivity contribution in [2.45, 2.75) is 37.6 Å². The Balaban J connectivity index is 2.24. The third-order valence-electron chi connectivity index (χ3n) is 2.40. The van der Waals surface area contributed by atoms with E-state index in [1.54, 1.807) is 13.8 Å². The largest absolute Gasteiger partial charge is 0.393 e. The highest BCUT2D eigenvalue weighted by atomic mass is 16.8. The Labute approximate surface area is 76.2 Å². The molecule has 2 saturated heterocycles. The summed E-state index contributed by atoms with van der Waals surface area (Å²) in [6.07, 6.45) is -1.60. The molecule has 76 valence electrons. The first kappa shape index (κ1) is 9.36. The molecular weight excluding hydrogens is 176 g/mol. The average Bonchev–Trinajstić information content (AvgIpc) is 2.47. The van der Waals surface area contributed by atoms with Crippen LogP contribution in [0.15, 0.2) is 0 Å². The summed E-state index contributed by atoms with van der Waals surface area (Å²) in [6, 6.07) is 0. The van der Waals surface area contributed by atoms with Crippen molar-refractivity contribution >= 4 is 0 Å². The minimum atomic E-state index is -1.01. The Morgan fingerprint density at radius 3 is 2.69 bits per heavy atom. The first-order valence-electron chi connectivity index (χ1n) is 4.28. The van der Waals surface area contributed by atoms with E-state index < -0.39 is 23.8 Å². The number of hydrogen-bond acceptors (Lipinski definition) is 5. The lowest BCUT2D eigenvalue weighted by atomic mass is 10.0. The van der Waals surface area contributed by atoms with E-state index in [2.05, 4.69) is 0 Å². The van der Waals surface area contributed by atoms with Gasteiger partial charge in [-0.2, -0.15) is 0 Å². The topological polar surface area (TPSA) is 68.2 Å². The van der Waals surface area contributed by atoms with Crippen molar-refractivity contribution in [2.75, 3.05) is 13.2 Å². The van der Waals surface area contributed by atoms with Crippen LogP contribution in [-0.4, -0.2) is 47.2 Å². The van der Waals surface area contributed by atoms with Crippen molar-refractivity contribution in [3.8, 4) is 0 Å². The molecule has 0 aromatic heterocycles. The fourth-order valence-corrected chi connectivity index (χ4v) is 1.90. The molecule has 2 aliphatic rings. The number of hydrogen-bond donors (Lipinski definition) is 2. The van der Waals surface area contributed by atoms with Crippen LogP contribution in [0.2, 0.25) is 0 Å². The Morgan fingerprint density at radius 2 is 2.15 bits per heavy atom. The van der Waals surface area contributed by atoms with Gasteiger partial charge in [0.2, 0.25) is 0 Å². The number of aliphatic hydroxyl groups excluding tert-OH is 2. The van der Waals surface area contributed by atoms with Crippen molar-refractivity contribution in [2.24, 2.45) is 0 Å². The number of aliphatic hydroxyl groups is 2. The summed E-state index contributed by atoms with van der Waals surface area (Å²) in [4.78, 5) is 0. The van der Waals surface area contributed by atoms with Gasteiger partial charge in [-0.15, -0.1) is 0 Å². The highest BCUT2D eigenvalue weighted by Crippen LogP contribution is 2.42. The molecule has 0 spiro atoms. The summed E-state index contributed by atoms with van der Waals surface area (Å²) in [6.45, 7) is 3.45. The molecule has 2 fully saturated rings. The van der Waals surface area contributed by atoms with Crippen LogP contribution in [-0.2, 0) is 14.2 Å². The lowest BCUT2D eigenvalue weighted by Gasteiger charge is -2.23. The molecule has 5 nitrogen and oxygen atoms in total. The zero-order valence-electron chi connectivity index (χ0n) is 7.69. The SMILES string of the molecule is CC1(C)OC2C(O)OCC2(CO)O1. The van der Waals surface area contributed by atoms with Crippen LogP contribution in [0, 0.1) is 0 Å². The van der Waals surface area contributed by atoms with E-state index in [4.69, 9.17) is 14.2 Å². The van der Waals surface area contributed by atoms with Crippen molar-refractivity contribution in [3.05, 3.63) is 0 Å². The zero-order chi connectivity index (χ0) is 9.69. The van der Waals surface area contributed by atoms with E-state index in [0.29, 0.717) is 0 Å². The molecule has 3 unspecified atom stereocenters. The maximum absolute atomic E-state index is 9.39. The molecule has 2 aliphatic heterocycles. The molecule has 2 N–H and O–H groups in total. The number of rotatable bonds is 1. The van der Waals surface area contributed by atoms with Crippen LogP contribution < -0.4 is 0 Å². The summed E-state index contributed by atoms with van der Waals surface area (Å²) in [5.74, 6) is -0.766. The van der Waals surface area contributed by atoms with Crippen LogP contribution in [0.4, 0.5) is 0 Å². The van der Waals surface area contributed by atoms with Gasteiger partial charge in [0.05, 0.1) is 13.2 Å². The second-order valence-electron chi connectivity index (χ2n) is 3.96. The smallest absolute Gasteiger partial charge is 0.184 e. The van der Waals surface area contributed by atoms with Gasteiger partial charge in [-0.25, -0.2) is 0 Å². The van der Waals surface area contributed by atoms with Crippen LogP contribution in [0.1, 0.15) is 13.8 Å². The first-order valence-corrected chi connectivity index (χ1v) is 4.28. The average molecular weight is 190 g/mol. The molecule has 3 atom stereocenters. The highest BCUT2D eigenvalue weighted by Gasteiger charge is 2.60. The van der Waals surface area contributed by atoms with Gasteiger partial charge in [-0.05, 0) is 13.8 Å². The first-order chi connectivity index (χ1) is 5.99. The summed E-state index contributed by atoms with van der Waals surface area (Å²) in [7, 11) is 0. The minimum absolute atomic E-state index is 0.165. The molecule has 0 aliphatic carbocycles. The van der Waals surface area contributed by atoms with Crippen LogP contribution in [0.3, 0.4) is 0 Å². The zero-order valence-corrected chi connectivity index (χ0v) is 7.69. The van der Waals surface area contributed by atoms with Gasteiger partial charge >= 0.3 is 0 Å². The maximum Gasteiger partial charge on any atom is 0.184 e. The molecular formula is C8H14O5. The van der Waals surface area contributed by atoms with E-state index in [9.17, 15) is 10.2 Å². The van der Waals surface area contributed by atoms with Gasteiger partial charge < -0.3 is 24.4 Å². The monoisotopic (exact) mass is 190 g/mol. The van der Waals surface area contributed by atoms with Crippen LogP contribution in [0.5, 0.6) is 0 Å². The van der Waals surface area contributed by atoms with E-state index in [-0.39, 0.29) is 13.2 Å². The molecule has 0 bridgehead atoms. The summed E-state index contributed by atoms with van der Waals surface area (Å²) in [5, 5.41) is 18.6. The van der Waals surface area contributed by atoms with Crippen molar-refractivity contribution in [3.63, 3.8) is 0 Å². The van der Waals surface area contributed by atoms with E-state index in [1.165, 1.54) is 0 Å².